The van der Waals surface area contributed by atoms with Gasteiger partial charge in [0.05, 0.1) is 12.3 Å². The third-order valence-corrected chi connectivity index (χ3v) is 4.10. The van der Waals surface area contributed by atoms with E-state index in [0.717, 1.165) is 0 Å². The molecule has 18 heavy (non-hydrogen) atoms. The molecule has 6 heteroatoms. The molecule has 0 bridgehead atoms. The molecule has 5 nitrogen and oxygen atoms in total. The number of rotatable bonds is 6. The van der Waals surface area contributed by atoms with Gasteiger partial charge in [0.1, 0.15) is 4.90 Å². The van der Waals surface area contributed by atoms with Crippen LogP contribution in [0.5, 0.6) is 0 Å². The Balaban J connectivity index is 3.16. The van der Waals surface area contributed by atoms with Crippen molar-refractivity contribution >= 4 is 15.7 Å². The Bertz CT molecular complexity index is 486. The van der Waals surface area contributed by atoms with E-state index < -0.39 is 10.0 Å². The Morgan fingerprint density at radius 3 is 2.50 bits per heavy atom. The highest BCUT2D eigenvalue weighted by molar-refractivity contribution is 7.89. The van der Waals surface area contributed by atoms with Gasteiger partial charge in [0.2, 0.25) is 10.0 Å². The van der Waals surface area contributed by atoms with Gasteiger partial charge in [0.15, 0.2) is 0 Å². The Kier molecular flexibility index (Phi) is 5.13. The topological polar surface area (TPSA) is 69.6 Å². The van der Waals surface area contributed by atoms with Crippen molar-refractivity contribution < 1.29 is 13.5 Å². The molecule has 0 atom stereocenters. The quantitative estimate of drug-likeness (QED) is 0.804. The van der Waals surface area contributed by atoms with E-state index in [0.29, 0.717) is 12.2 Å². The van der Waals surface area contributed by atoms with E-state index in [-0.39, 0.29) is 17.5 Å². The second-order valence-electron chi connectivity index (χ2n) is 4.39. The first-order valence-corrected chi connectivity index (χ1v) is 7.30. The van der Waals surface area contributed by atoms with Gasteiger partial charge in [0, 0.05) is 19.6 Å². The molecule has 2 N–H and O–H groups in total. The van der Waals surface area contributed by atoms with Crippen LogP contribution in [-0.4, -0.2) is 39.8 Å². The molecule has 1 aromatic carbocycles. The van der Waals surface area contributed by atoms with Crippen molar-refractivity contribution in [2.45, 2.75) is 24.8 Å². The zero-order valence-electron chi connectivity index (χ0n) is 10.9. The maximum absolute atomic E-state index is 12.2. The third kappa shape index (κ3) is 3.69. The summed E-state index contributed by atoms with van der Waals surface area (Å²) in [7, 11) is -1.78. The molecule has 0 saturated carbocycles. The number of nitrogens with one attached hydrogen (secondary N) is 1. The summed E-state index contributed by atoms with van der Waals surface area (Å²) in [6.07, 6.45) is 0. The molecule has 1 aromatic rings. The monoisotopic (exact) mass is 272 g/mol. The highest BCUT2D eigenvalue weighted by Crippen LogP contribution is 2.23. The predicted octanol–water partition coefficient (Wildman–Crippen LogP) is 0.802. The first-order chi connectivity index (χ1) is 8.38. The lowest BCUT2D eigenvalue weighted by molar-refractivity contribution is 0.304. The second kappa shape index (κ2) is 6.17. The SMILES string of the molecule is CC(C)NS(=O)(=O)c1ccccc1N(C)CCO. The summed E-state index contributed by atoms with van der Waals surface area (Å²) in [6.45, 7) is 3.91. The smallest absolute Gasteiger partial charge is 0.242 e. The summed E-state index contributed by atoms with van der Waals surface area (Å²) in [5.41, 5.74) is 0.583. The maximum Gasteiger partial charge on any atom is 0.242 e. The Labute approximate surface area is 108 Å². The number of benzene rings is 1. The fraction of sp³-hybridized carbons (Fsp3) is 0.500. The predicted molar refractivity (Wildman–Crippen MR) is 72.3 cm³/mol. The Morgan fingerprint density at radius 2 is 1.94 bits per heavy atom. The van der Waals surface area contributed by atoms with Crippen molar-refractivity contribution in [2.75, 3.05) is 25.1 Å². The van der Waals surface area contributed by atoms with Gasteiger partial charge >= 0.3 is 0 Å². The van der Waals surface area contributed by atoms with Crippen LogP contribution in [0.2, 0.25) is 0 Å². The first-order valence-electron chi connectivity index (χ1n) is 5.82. The molecule has 0 spiro atoms. The van der Waals surface area contributed by atoms with Crippen molar-refractivity contribution in [3.05, 3.63) is 24.3 Å². The van der Waals surface area contributed by atoms with E-state index in [2.05, 4.69) is 4.72 Å². The molecule has 0 aliphatic carbocycles. The summed E-state index contributed by atoms with van der Waals surface area (Å²) in [5.74, 6) is 0. The number of nitrogens with zero attached hydrogens (tertiary/aromatic N) is 1. The van der Waals surface area contributed by atoms with Gasteiger partial charge in [-0.05, 0) is 26.0 Å². The minimum Gasteiger partial charge on any atom is -0.395 e. The molecule has 102 valence electrons. The highest BCUT2D eigenvalue weighted by Gasteiger charge is 2.20. The average molecular weight is 272 g/mol. The van der Waals surface area contributed by atoms with Gasteiger partial charge in [-0.2, -0.15) is 0 Å². The van der Waals surface area contributed by atoms with Crippen LogP contribution < -0.4 is 9.62 Å². The van der Waals surface area contributed by atoms with E-state index in [1.165, 1.54) is 0 Å². The van der Waals surface area contributed by atoms with Crippen LogP contribution in [0.4, 0.5) is 5.69 Å². The van der Waals surface area contributed by atoms with Crippen LogP contribution in [0.15, 0.2) is 29.2 Å². The number of sulfonamides is 1. The zero-order chi connectivity index (χ0) is 13.8. The maximum atomic E-state index is 12.2. The lowest BCUT2D eigenvalue weighted by Gasteiger charge is -2.22. The fourth-order valence-electron chi connectivity index (χ4n) is 1.64. The van der Waals surface area contributed by atoms with Crippen LogP contribution in [0.3, 0.4) is 0 Å². The van der Waals surface area contributed by atoms with E-state index in [4.69, 9.17) is 5.11 Å². The number of hydrogen-bond acceptors (Lipinski definition) is 4. The molecular weight excluding hydrogens is 252 g/mol. The molecule has 0 heterocycles. The molecule has 0 unspecified atom stereocenters. The van der Waals surface area contributed by atoms with Gasteiger partial charge in [-0.25, -0.2) is 13.1 Å². The van der Waals surface area contributed by atoms with Crippen molar-refractivity contribution in [3.63, 3.8) is 0 Å². The Hall–Kier alpha value is -1.11. The summed E-state index contributed by atoms with van der Waals surface area (Å²) >= 11 is 0. The summed E-state index contributed by atoms with van der Waals surface area (Å²) in [4.78, 5) is 1.95. The average Bonchev–Trinajstić information content (AvgIpc) is 2.27. The molecule has 0 fully saturated rings. The second-order valence-corrected chi connectivity index (χ2v) is 6.07. The van der Waals surface area contributed by atoms with Crippen molar-refractivity contribution in [1.29, 1.82) is 0 Å². The summed E-state index contributed by atoms with van der Waals surface area (Å²) in [5, 5.41) is 8.93. The molecule has 0 radical (unpaired) electrons. The first kappa shape index (κ1) is 14.9. The standard InChI is InChI=1S/C12H20N2O3S/c1-10(2)13-18(16,17)12-7-5-4-6-11(12)14(3)8-9-15/h4-7,10,13,15H,8-9H2,1-3H3. The van der Waals surface area contributed by atoms with Gasteiger partial charge in [-0.15, -0.1) is 0 Å². The van der Waals surface area contributed by atoms with Crippen molar-refractivity contribution in [1.82, 2.24) is 4.72 Å². The fourth-order valence-corrected chi connectivity index (χ4v) is 3.15. The minimum atomic E-state index is -3.53. The molecule has 0 aliphatic heterocycles. The number of aliphatic hydroxyl groups is 1. The minimum absolute atomic E-state index is 0.0253. The molecular formula is C12H20N2O3S. The molecule has 0 aromatic heterocycles. The third-order valence-electron chi connectivity index (χ3n) is 2.39. The van der Waals surface area contributed by atoms with Gasteiger partial charge in [-0.3, -0.25) is 0 Å². The van der Waals surface area contributed by atoms with E-state index in [9.17, 15) is 8.42 Å². The largest absolute Gasteiger partial charge is 0.395 e. The molecule has 1 rings (SSSR count). The molecule has 0 saturated heterocycles. The van der Waals surface area contributed by atoms with Crippen molar-refractivity contribution in [3.8, 4) is 0 Å². The number of aliphatic hydroxyl groups excluding tert-OH is 1. The number of anilines is 1. The molecule has 0 aliphatic rings. The highest BCUT2D eigenvalue weighted by atomic mass is 32.2. The van der Waals surface area contributed by atoms with E-state index in [1.807, 2.05) is 0 Å². The summed E-state index contributed by atoms with van der Waals surface area (Å²) in [6, 6.07) is 6.59. The van der Waals surface area contributed by atoms with Gasteiger partial charge in [-0.1, -0.05) is 12.1 Å². The molecule has 0 amide bonds. The lowest BCUT2D eigenvalue weighted by Crippen LogP contribution is -2.32. The lowest BCUT2D eigenvalue weighted by atomic mass is 10.3. The van der Waals surface area contributed by atoms with Crippen LogP contribution in [0.1, 0.15) is 13.8 Å². The van der Waals surface area contributed by atoms with E-state index in [1.54, 1.807) is 50.1 Å². The summed E-state index contributed by atoms with van der Waals surface area (Å²) < 4.78 is 26.9. The van der Waals surface area contributed by atoms with Crippen LogP contribution in [0, 0.1) is 0 Å². The van der Waals surface area contributed by atoms with Gasteiger partial charge in [0.25, 0.3) is 0 Å². The Morgan fingerprint density at radius 1 is 1.33 bits per heavy atom. The van der Waals surface area contributed by atoms with Crippen LogP contribution >= 0.6 is 0 Å². The van der Waals surface area contributed by atoms with Gasteiger partial charge < -0.3 is 10.0 Å². The normalized spacial score (nSPS) is 11.8. The van der Waals surface area contributed by atoms with Crippen LogP contribution in [0.25, 0.3) is 0 Å². The van der Waals surface area contributed by atoms with E-state index >= 15 is 0 Å². The number of likely N-dealkylation sites (N-methyl/N-ethyl adjacent to an activating group) is 1. The number of para-hydroxylation sites is 1. The van der Waals surface area contributed by atoms with Crippen molar-refractivity contribution in [2.24, 2.45) is 0 Å². The van der Waals surface area contributed by atoms with Crippen LogP contribution in [-0.2, 0) is 10.0 Å². The number of hydrogen-bond donors (Lipinski definition) is 2. The zero-order valence-corrected chi connectivity index (χ0v) is 11.7.